The number of aliphatic hydroxyl groups excluding tert-OH is 11. The second-order valence-corrected chi connectivity index (χ2v) is 17.8. The summed E-state index contributed by atoms with van der Waals surface area (Å²) >= 11 is 0. The van der Waals surface area contributed by atoms with Crippen molar-refractivity contribution in [3.8, 4) is 17.2 Å². The van der Waals surface area contributed by atoms with Crippen molar-refractivity contribution < 1.29 is 133 Å². The van der Waals surface area contributed by atoms with E-state index >= 15 is 0 Å². The van der Waals surface area contributed by atoms with Crippen LogP contribution in [0.1, 0.15) is 21.5 Å². The largest absolute Gasteiger partial charge is 0.508 e. The summed E-state index contributed by atoms with van der Waals surface area (Å²) in [4.78, 5) is 41.1. The smallest absolute Gasteiger partial charge is 0.338 e. The van der Waals surface area contributed by atoms with Crippen LogP contribution in [0.4, 0.5) is 0 Å². The number of aliphatic hydroxyl groups is 11. The molecule has 0 spiro atoms. The molecule has 19 atom stereocenters. The van der Waals surface area contributed by atoms with Crippen molar-refractivity contribution >= 4 is 30.1 Å². The molecule has 0 saturated carbocycles. The van der Waals surface area contributed by atoms with Crippen molar-refractivity contribution in [2.24, 2.45) is 0 Å². The number of rotatable bonds is 19. The van der Waals surface area contributed by atoms with Gasteiger partial charge in [0, 0.05) is 12.2 Å². The summed E-state index contributed by atoms with van der Waals surface area (Å²) in [6.07, 6.45) is -33.1. The zero-order valence-corrected chi connectivity index (χ0v) is 39.7. The summed E-state index contributed by atoms with van der Waals surface area (Å²) in [6, 6.07) is 16.2. The van der Waals surface area contributed by atoms with E-state index in [1.54, 1.807) is 6.07 Å². The van der Waals surface area contributed by atoms with E-state index < -0.39 is 179 Å². The van der Waals surface area contributed by atoms with E-state index in [2.05, 4.69) is 0 Å². The molecule has 3 aromatic carbocycles. The van der Waals surface area contributed by atoms with Crippen molar-refractivity contribution in [2.75, 3.05) is 33.0 Å². The van der Waals surface area contributed by atoms with Gasteiger partial charge in [-0.1, -0.05) is 36.4 Å². The molecule has 0 aromatic heterocycles. The molecular formula is C49H58O27. The Morgan fingerprint density at radius 3 is 1.64 bits per heavy atom. The number of aromatic hydroxyl groups is 3. The van der Waals surface area contributed by atoms with Gasteiger partial charge >= 0.3 is 17.9 Å². The predicted octanol–water partition coefficient (Wildman–Crippen LogP) is -4.24. The molecular weight excluding hydrogens is 1020 g/mol. The number of phenolic OH excluding ortho intramolecular Hbond substituents is 3. The number of hydrogen-bond acceptors (Lipinski definition) is 27. The second kappa shape index (κ2) is 25.6. The molecule has 14 N–H and O–H groups in total. The van der Waals surface area contributed by atoms with Crippen LogP contribution in [0, 0.1) is 0 Å². The van der Waals surface area contributed by atoms with Crippen LogP contribution in [-0.2, 0) is 57.0 Å². The molecule has 0 amide bonds. The molecule has 4 saturated heterocycles. The van der Waals surface area contributed by atoms with Crippen LogP contribution in [0.15, 0.2) is 84.9 Å². The molecule has 7 rings (SSSR count). The van der Waals surface area contributed by atoms with Gasteiger partial charge in [-0.25, -0.2) is 14.4 Å². The molecule has 416 valence electrons. The second-order valence-electron chi connectivity index (χ2n) is 17.8. The van der Waals surface area contributed by atoms with E-state index in [1.165, 1.54) is 60.7 Å². The van der Waals surface area contributed by atoms with E-state index in [1.807, 2.05) is 0 Å². The standard InChI is InChI=1S/C49H58O27/c50-17-28-34(59)37(62)39(64)46(68-28)72-42-41(71-33(58)15-9-22-6-11-25(54)12-7-22)31(20-53)70-48(43(42)73-47-40(65)38(63)35(60)29(18-51)69-47)76-49(21-67-32(57)14-10-23-8-13-26(55)27(56)16-23)44(36(61)30(19-52)75-49)74-45(66)24-4-2-1-3-5-24/h1-16,28-31,34-44,46-48,50-56,59-65H,17-21H2/b14-10+,15-9+/t28-,29-,30-,31-,34+,35+,36-,37+,38+,39-,40-,41-,42+,43-,44+,46+,47+,48-,49+/m1/s1. The molecule has 3 aromatic rings. The lowest BCUT2D eigenvalue weighted by Crippen LogP contribution is -2.69. The van der Waals surface area contributed by atoms with Gasteiger partial charge in [-0.15, -0.1) is 0 Å². The molecule has 4 aliphatic rings. The maximum absolute atomic E-state index is 13.8. The number of benzene rings is 3. The fourth-order valence-electron chi connectivity index (χ4n) is 8.53. The quantitative estimate of drug-likeness (QED) is 0.0234. The Morgan fingerprint density at radius 1 is 0.526 bits per heavy atom. The van der Waals surface area contributed by atoms with E-state index in [0.717, 1.165) is 30.4 Å². The Kier molecular flexibility index (Phi) is 19.5. The summed E-state index contributed by atoms with van der Waals surface area (Å²) in [5.74, 6) is -7.59. The van der Waals surface area contributed by atoms with Gasteiger partial charge in [0.05, 0.1) is 32.0 Å². The van der Waals surface area contributed by atoms with Crippen LogP contribution in [-0.4, -0.2) is 239 Å². The van der Waals surface area contributed by atoms with Crippen LogP contribution in [0.2, 0.25) is 0 Å². The zero-order chi connectivity index (χ0) is 55.0. The summed E-state index contributed by atoms with van der Waals surface area (Å²) in [5, 5.41) is 149. The number of carbonyl (C=O) groups is 3. The lowest BCUT2D eigenvalue weighted by atomic mass is 9.95. The third kappa shape index (κ3) is 13.1. The average molecular weight is 1080 g/mol. The van der Waals surface area contributed by atoms with Gasteiger partial charge in [-0.3, -0.25) is 0 Å². The number of hydrogen-bond donors (Lipinski definition) is 14. The number of esters is 3. The normalized spacial score (nSPS) is 35.8. The lowest BCUT2D eigenvalue weighted by Gasteiger charge is -2.50. The molecule has 27 nitrogen and oxygen atoms in total. The number of carbonyl (C=O) groups excluding carboxylic acids is 3. The first-order valence-electron chi connectivity index (χ1n) is 23.4. The minimum atomic E-state index is -2.90. The molecule has 4 fully saturated rings. The first kappa shape index (κ1) is 57.9. The van der Waals surface area contributed by atoms with Crippen LogP contribution >= 0.6 is 0 Å². The Hall–Kier alpha value is -5.77. The van der Waals surface area contributed by atoms with E-state index in [-0.39, 0.29) is 16.9 Å². The van der Waals surface area contributed by atoms with Gasteiger partial charge in [0.1, 0.15) is 91.7 Å². The van der Waals surface area contributed by atoms with Gasteiger partial charge < -0.3 is 119 Å². The van der Waals surface area contributed by atoms with E-state index in [9.17, 15) is 85.9 Å². The van der Waals surface area contributed by atoms with Crippen molar-refractivity contribution in [2.45, 2.75) is 116 Å². The minimum Gasteiger partial charge on any atom is -0.508 e. The Balaban J connectivity index is 1.35. The van der Waals surface area contributed by atoms with Crippen LogP contribution in [0.3, 0.4) is 0 Å². The van der Waals surface area contributed by atoms with Crippen LogP contribution < -0.4 is 0 Å². The topological polar surface area (TPSA) is 427 Å². The van der Waals surface area contributed by atoms with Crippen LogP contribution in [0.5, 0.6) is 17.2 Å². The highest BCUT2D eigenvalue weighted by Crippen LogP contribution is 2.42. The highest BCUT2D eigenvalue weighted by Gasteiger charge is 2.64. The number of phenols is 3. The van der Waals surface area contributed by atoms with E-state index in [0.29, 0.717) is 5.56 Å². The zero-order valence-electron chi connectivity index (χ0n) is 39.7. The molecule has 27 heteroatoms. The fourth-order valence-corrected chi connectivity index (χ4v) is 8.53. The van der Waals surface area contributed by atoms with Gasteiger partial charge in [0.25, 0.3) is 0 Å². The minimum absolute atomic E-state index is 0.102. The SMILES string of the molecule is O=C(/C=C/c1ccc(O)c(O)c1)OC[C@@]1(O[C@H]2O[C@H](CO)[C@@H](OC(=O)/C=C/c3ccc(O)cc3)[C@H](O[C@@H]3O[C@H](CO)[C@H](O)[C@H](O)[C@H]3O)[C@H]2O[C@@H]2O[C@H](CO)[C@H](O)[C@H](O)[C@H]2O)O[C@H](CO)[C@@H](O)[C@@H]1OC(=O)c1ccccc1. The van der Waals surface area contributed by atoms with Gasteiger partial charge in [0.2, 0.25) is 5.79 Å². The van der Waals surface area contributed by atoms with Gasteiger partial charge in [-0.2, -0.15) is 0 Å². The van der Waals surface area contributed by atoms with Gasteiger partial charge in [0.15, 0.2) is 42.6 Å². The third-order valence-electron chi connectivity index (χ3n) is 12.6. The Morgan fingerprint density at radius 2 is 1.07 bits per heavy atom. The van der Waals surface area contributed by atoms with Crippen molar-refractivity contribution in [1.82, 2.24) is 0 Å². The predicted molar refractivity (Wildman–Crippen MR) is 247 cm³/mol. The summed E-state index contributed by atoms with van der Waals surface area (Å²) < 4.78 is 59.6. The monoisotopic (exact) mass is 1080 g/mol. The third-order valence-corrected chi connectivity index (χ3v) is 12.6. The van der Waals surface area contributed by atoms with Gasteiger partial charge in [-0.05, 0) is 59.7 Å². The van der Waals surface area contributed by atoms with Crippen molar-refractivity contribution in [3.63, 3.8) is 0 Å². The summed E-state index contributed by atoms with van der Waals surface area (Å²) in [6.45, 7) is -5.42. The average Bonchev–Trinajstić information content (AvgIpc) is 3.68. The highest BCUT2D eigenvalue weighted by atomic mass is 16.8. The highest BCUT2D eigenvalue weighted by molar-refractivity contribution is 5.90. The van der Waals surface area contributed by atoms with E-state index in [4.69, 9.17) is 47.4 Å². The molecule has 0 aliphatic carbocycles. The van der Waals surface area contributed by atoms with Crippen molar-refractivity contribution in [3.05, 3.63) is 102 Å². The molecule has 0 radical (unpaired) electrons. The van der Waals surface area contributed by atoms with Crippen molar-refractivity contribution in [1.29, 1.82) is 0 Å². The maximum atomic E-state index is 13.8. The molecule has 76 heavy (non-hydrogen) atoms. The first-order valence-corrected chi connectivity index (χ1v) is 23.4. The Labute approximate surface area is 430 Å². The Bertz CT molecular complexity index is 2460. The molecule has 0 bridgehead atoms. The fraction of sp³-hybridized carbons (Fsp3) is 0.490. The molecule has 4 aliphatic heterocycles. The summed E-state index contributed by atoms with van der Waals surface area (Å²) in [5.41, 5.74) is 0.433. The molecule has 4 heterocycles. The first-order chi connectivity index (χ1) is 36.3. The summed E-state index contributed by atoms with van der Waals surface area (Å²) in [7, 11) is 0. The number of ether oxygens (including phenoxy) is 10. The van der Waals surface area contributed by atoms with Crippen LogP contribution in [0.25, 0.3) is 12.2 Å². The lowest BCUT2D eigenvalue weighted by molar-refractivity contribution is -0.421. The molecule has 0 unspecified atom stereocenters. The maximum Gasteiger partial charge on any atom is 0.338 e.